The number of terminal acetylenes is 1. The topological polar surface area (TPSA) is 88.0 Å². The van der Waals surface area contributed by atoms with Crippen molar-refractivity contribution >= 4 is 15.7 Å². The lowest BCUT2D eigenvalue weighted by Crippen LogP contribution is -2.30. The highest BCUT2D eigenvalue weighted by atomic mass is 32.2. The van der Waals surface area contributed by atoms with Gasteiger partial charge in [0.15, 0.2) is 15.5 Å². The number of nitrogens with zero attached hydrogens (tertiary/aromatic N) is 2. The summed E-state index contributed by atoms with van der Waals surface area (Å²) in [6.45, 7) is 0. The van der Waals surface area contributed by atoms with Crippen molar-refractivity contribution < 1.29 is 13.2 Å². The molecule has 29 heavy (non-hydrogen) atoms. The van der Waals surface area contributed by atoms with E-state index in [4.69, 9.17) is 6.42 Å². The van der Waals surface area contributed by atoms with Crippen LogP contribution in [0.5, 0.6) is 0 Å². The first-order valence-electron chi connectivity index (χ1n) is 9.35. The third-order valence-corrected chi connectivity index (χ3v) is 5.97. The fourth-order valence-corrected chi connectivity index (χ4v) is 3.82. The molecule has 1 aliphatic heterocycles. The molecule has 6 nitrogen and oxygen atoms in total. The Morgan fingerprint density at radius 1 is 1.10 bits per heavy atom. The van der Waals surface area contributed by atoms with Crippen LogP contribution in [0.4, 0.5) is 0 Å². The van der Waals surface area contributed by atoms with Gasteiger partial charge in [-0.05, 0) is 23.3 Å². The molecule has 0 bridgehead atoms. The zero-order valence-electron chi connectivity index (χ0n) is 16.2. The molecule has 1 amide bonds. The van der Waals surface area contributed by atoms with E-state index in [1.807, 2.05) is 36.4 Å². The SMILES string of the molecule is C#CCCC1(CCC(=O)NC(c2ccccc2)c2cccc(S(C)(=O)=O)c2)N=N1. The molecule has 2 aromatic rings. The Bertz CT molecular complexity index is 1050. The van der Waals surface area contributed by atoms with Gasteiger partial charge in [-0.3, -0.25) is 4.79 Å². The first-order valence-corrected chi connectivity index (χ1v) is 11.2. The van der Waals surface area contributed by atoms with Crippen LogP contribution in [0.2, 0.25) is 0 Å². The maximum absolute atomic E-state index is 12.7. The van der Waals surface area contributed by atoms with E-state index in [1.54, 1.807) is 18.2 Å². The van der Waals surface area contributed by atoms with Gasteiger partial charge in [0.1, 0.15) is 0 Å². The number of benzene rings is 2. The minimum absolute atomic E-state index is 0.152. The van der Waals surface area contributed by atoms with E-state index in [-0.39, 0.29) is 17.2 Å². The molecule has 0 aliphatic carbocycles. The molecule has 7 heteroatoms. The third kappa shape index (κ3) is 5.52. The number of sulfone groups is 1. The molecule has 2 aromatic carbocycles. The summed E-state index contributed by atoms with van der Waals surface area (Å²) in [5.74, 6) is 2.42. The van der Waals surface area contributed by atoms with Gasteiger partial charge in [-0.2, -0.15) is 10.2 Å². The number of carbonyl (C=O) groups excluding carboxylic acids is 1. The highest BCUT2D eigenvalue weighted by Crippen LogP contribution is 2.37. The van der Waals surface area contributed by atoms with Gasteiger partial charge < -0.3 is 5.32 Å². The highest BCUT2D eigenvalue weighted by molar-refractivity contribution is 7.90. The molecule has 0 radical (unpaired) electrons. The van der Waals surface area contributed by atoms with Crippen molar-refractivity contribution in [3.05, 3.63) is 65.7 Å². The lowest BCUT2D eigenvalue weighted by atomic mass is 9.97. The van der Waals surface area contributed by atoms with Gasteiger partial charge >= 0.3 is 0 Å². The van der Waals surface area contributed by atoms with Crippen LogP contribution in [0.25, 0.3) is 0 Å². The Kier molecular flexibility index (Phi) is 6.14. The summed E-state index contributed by atoms with van der Waals surface area (Å²) in [6, 6.07) is 15.6. The summed E-state index contributed by atoms with van der Waals surface area (Å²) in [4.78, 5) is 12.9. The van der Waals surface area contributed by atoms with Crippen molar-refractivity contribution in [2.75, 3.05) is 6.26 Å². The minimum atomic E-state index is -3.35. The molecule has 1 unspecified atom stereocenters. The number of amides is 1. The third-order valence-electron chi connectivity index (χ3n) is 4.86. The second kappa shape index (κ2) is 8.58. The van der Waals surface area contributed by atoms with Crippen LogP contribution in [-0.4, -0.2) is 26.2 Å². The Morgan fingerprint density at radius 3 is 2.41 bits per heavy atom. The van der Waals surface area contributed by atoms with Crippen molar-refractivity contribution in [2.24, 2.45) is 10.2 Å². The van der Waals surface area contributed by atoms with Crippen LogP contribution < -0.4 is 5.32 Å². The summed E-state index contributed by atoms with van der Waals surface area (Å²) < 4.78 is 23.9. The van der Waals surface area contributed by atoms with E-state index >= 15 is 0 Å². The van der Waals surface area contributed by atoms with Crippen LogP contribution in [-0.2, 0) is 14.6 Å². The summed E-state index contributed by atoms with van der Waals surface area (Å²) in [6.07, 6.45) is 8.45. The molecule has 1 aliphatic rings. The largest absolute Gasteiger partial charge is 0.345 e. The summed E-state index contributed by atoms with van der Waals surface area (Å²) >= 11 is 0. The van der Waals surface area contributed by atoms with Gasteiger partial charge in [-0.1, -0.05) is 42.5 Å². The number of hydrogen-bond donors (Lipinski definition) is 1. The Balaban J connectivity index is 1.77. The van der Waals surface area contributed by atoms with E-state index in [0.717, 1.165) is 5.56 Å². The highest BCUT2D eigenvalue weighted by Gasteiger charge is 2.39. The Hall–Kier alpha value is -2.98. The average molecular weight is 410 g/mol. The number of hydrogen-bond acceptors (Lipinski definition) is 5. The predicted molar refractivity (Wildman–Crippen MR) is 111 cm³/mol. The van der Waals surface area contributed by atoms with Crippen molar-refractivity contribution in [3.63, 3.8) is 0 Å². The van der Waals surface area contributed by atoms with Crippen LogP contribution >= 0.6 is 0 Å². The van der Waals surface area contributed by atoms with Crippen LogP contribution in [0.3, 0.4) is 0 Å². The van der Waals surface area contributed by atoms with Crippen molar-refractivity contribution in [1.29, 1.82) is 0 Å². The quantitative estimate of drug-likeness (QED) is 0.641. The van der Waals surface area contributed by atoms with E-state index in [0.29, 0.717) is 24.8 Å². The summed E-state index contributed by atoms with van der Waals surface area (Å²) in [7, 11) is -3.35. The Labute approximate surface area is 171 Å². The van der Waals surface area contributed by atoms with Gasteiger partial charge in [0.05, 0.1) is 10.9 Å². The second-order valence-electron chi connectivity index (χ2n) is 7.14. The first-order chi connectivity index (χ1) is 13.8. The monoisotopic (exact) mass is 409 g/mol. The van der Waals surface area contributed by atoms with E-state index in [1.165, 1.54) is 6.26 Å². The van der Waals surface area contributed by atoms with Crippen LogP contribution in [0.15, 0.2) is 69.7 Å². The molecule has 1 heterocycles. The number of carbonyl (C=O) groups is 1. The van der Waals surface area contributed by atoms with Crippen LogP contribution in [0, 0.1) is 12.3 Å². The molecule has 0 aromatic heterocycles. The van der Waals surface area contributed by atoms with E-state index in [2.05, 4.69) is 21.5 Å². The molecule has 0 fully saturated rings. The molecule has 0 spiro atoms. The summed E-state index contributed by atoms with van der Waals surface area (Å²) in [5, 5.41) is 11.1. The first kappa shape index (κ1) is 20.7. The molecule has 150 valence electrons. The second-order valence-corrected chi connectivity index (χ2v) is 9.16. The zero-order valence-corrected chi connectivity index (χ0v) is 17.0. The van der Waals surface area contributed by atoms with Crippen molar-refractivity contribution in [2.45, 2.75) is 42.3 Å². The van der Waals surface area contributed by atoms with Crippen LogP contribution in [0.1, 0.15) is 42.9 Å². The molecule has 0 saturated carbocycles. The van der Waals surface area contributed by atoms with Gasteiger partial charge in [0, 0.05) is 31.9 Å². The lowest BCUT2D eigenvalue weighted by Gasteiger charge is -2.21. The fourth-order valence-electron chi connectivity index (χ4n) is 3.14. The molecule has 1 atom stereocenters. The minimum Gasteiger partial charge on any atom is -0.345 e. The van der Waals surface area contributed by atoms with E-state index in [9.17, 15) is 13.2 Å². The molecular weight excluding hydrogens is 386 g/mol. The maximum Gasteiger partial charge on any atom is 0.220 e. The van der Waals surface area contributed by atoms with Gasteiger partial charge in [-0.15, -0.1) is 12.3 Å². The normalized spacial score (nSPS) is 15.3. The van der Waals surface area contributed by atoms with Gasteiger partial charge in [0.25, 0.3) is 0 Å². The number of nitrogens with one attached hydrogen (secondary N) is 1. The smallest absolute Gasteiger partial charge is 0.220 e. The molecule has 1 N–H and O–H groups in total. The van der Waals surface area contributed by atoms with Crippen molar-refractivity contribution in [3.8, 4) is 12.3 Å². The lowest BCUT2D eigenvalue weighted by molar-refractivity contribution is -0.121. The maximum atomic E-state index is 12.7. The van der Waals surface area contributed by atoms with Gasteiger partial charge in [0.2, 0.25) is 5.91 Å². The summed E-state index contributed by atoms with van der Waals surface area (Å²) in [5.41, 5.74) is 1.06. The molecular formula is C22H23N3O3S. The predicted octanol–water partition coefficient (Wildman–Crippen LogP) is 3.65. The van der Waals surface area contributed by atoms with Crippen molar-refractivity contribution in [1.82, 2.24) is 5.32 Å². The zero-order chi connectivity index (χ0) is 20.9. The molecule has 3 rings (SSSR count). The molecule has 0 saturated heterocycles. The average Bonchev–Trinajstić information content (AvgIpc) is 3.49. The Morgan fingerprint density at radius 2 is 1.79 bits per heavy atom. The fraction of sp³-hybridized carbons (Fsp3) is 0.318. The van der Waals surface area contributed by atoms with E-state index < -0.39 is 21.5 Å². The standard InChI is InChI=1S/C22H23N3O3S/c1-3-4-14-22(24-25-22)15-13-20(26)23-21(17-9-6-5-7-10-17)18-11-8-12-19(16-18)29(2,27)28/h1,5-12,16,21H,4,13-15H2,2H3,(H,23,26). The van der Waals surface area contributed by atoms with Gasteiger partial charge in [-0.25, -0.2) is 8.42 Å². The number of rotatable bonds is 9.